The summed E-state index contributed by atoms with van der Waals surface area (Å²) in [5.74, 6) is 0.802. The molecular formula is C12H17N7O. The van der Waals surface area contributed by atoms with Gasteiger partial charge in [-0.15, -0.1) is 0 Å². The highest BCUT2D eigenvalue weighted by Gasteiger charge is 2.07. The molecule has 20 heavy (non-hydrogen) atoms. The van der Waals surface area contributed by atoms with Crippen LogP contribution in [0, 0.1) is 0 Å². The SMILES string of the molecule is Cn1cnc(CCNCc2cccnc2/C(N)=N/O)n1. The first-order chi connectivity index (χ1) is 9.70. The Hall–Kier alpha value is -2.48. The Balaban J connectivity index is 1.88. The molecule has 0 aliphatic rings. The third-order valence-corrected chi connectivity index (χ3v) is 2.73. The summed E-state index contributed by atoms with van der Waals surface area (Å²) in [6.45, 7) is 1.31. The van der Waals surface area contributed by atoms with Crippen molar-refractivity contribution in [3.05, 3.63) is 41.7 Å². The van der Waals surface area contributed by atoms with Crippen molar-refractivity contribution < 1.29 is 5.21 Å². The number of aromatic nitrogens is 4. The number of nitrogens with zero attached hydrogens (tertiary/aromatic N) is 5. The molecule has 0 atom stereocenters. The van der Waals surface area contributed by atoms with Crippen LogP contribution < -0.4 is 11.1 Å². The number of amidine groups is 1. The number of hydrogen-bond acceptors (Lipinski definition) is 6. The van der Waals surface area contributed by atoms with Gasteiger partial charge in [-0.25, -0.2) is 4.98 Å². The van der Waals surface area contributed by atoms with Gasteiger partial charge in [0.05, 0.1) is 0 Å². The van der Waals surface area contributed by atoms with Gasteiger partial charge in [-0.05, 0) is 11.6 Å². The number of rotatable bonds is 6. The normalized spacial score (nSPS) is 11.8. The van der Waals surface area contributed by atoms with Crippen LogP contribution >= 0.6 is 0 Å². The van der Waals surface area contributed by atoms with Gasteiger partial charge in [0, 0.05) is 32.8 Å². The van der Waals surface area contributed by atoms with Gasteiger partial charge in [0.15, 0.2) is 11.7 Å². The van der Waals surface area contributed by atoms with Crippen LogP contribution in [-0.2, 0) is 20.0 Å². The van der Waals surface area contributed by atoms with Crippen molar-refractivity contribution in [3.63, 3.8) is 0 Å². The number of nitrogens with one attached hydrogen (secondary N) is 1. The summed E-state index contributed by atoms with van der Waals surface area (Å²) < 4.78 is 1.67. The summed E-state index contributed by atoms with van der Waals surface area (Å²) in [4.78, 5) is 8.25. The zero-order chi connectivity index (χ0) is 14.4. The van der Waals surface area contributed by atoms with Crippen LogP contribution in [0.3, 0.4) is 0 Å². The fourth-order valence-corrected chi connectivity index (χ4v) is 1.78. The van der Waals surface area contributed by atoms with Gasteiger partial charge in [0.25, 0.3) is 0 Å². The first kappa shape index (κ1) is 13.9. The summed E-state index contributed by atoms with van der Waals surface area (Å²) in [5, 5.41) is 19.2. The standard InChI is InChI=1S/C12H17N7O/c1-19-8-16-10(17-19)4-6-14-7-9-3-2-5-15-11(9)12(13)18-20/h2-3,5,8,14,20H,4,6-7H2,1H3,(H2,13,18). The Labute approximate surface area is 116 Å². The van der Waals surface area contributed by atoms with Crippen molar-refractivity contribution in [1.82, 2.24) is 25.1 Å². The van der Waals surface area contributed by atoms with E-state index in [0.717, 1.165) is 24.4 Å². The second-order valence-corrected chi connectivity index (χ2v) is 4.26. The van der Waals surface area contributed by atoms with E-state index in [1.165, 1.54) is 0 Å². The molecule has 106 valence electrons. The van der Waals surface area contributed by atoms with Gasteiger partial charge < -0.3 is 16.3 Å². The smallest absolute Gasteiger partial charge is 0.189 e. The lowest BCUT2D eigenvalue weighted by Crippen LogP contribution is -2.22. The molecule has 0 unspecified atom stereocenters. The van der Waals surface area contributed by atoms with E-state index in [1.807, 2.05) is 19.2 Å². The van der Waals surface area contributed by atoms with Crippen LogP contribution in [-0.4, -0.2) is 37.3 Å². The minimum atomic E-state index is 0.00814. The van der Waals surface area contributed by atoms with Gasteiger partial charge >= 0.3 is 0 Å². The predicted octanol–water partition coefficient (Wildman–Crippen LogP) is -0.363. The van der Waals surface area contributed by atoms with Crippen LogP contribution in [0.25, 0.3) is 0 Å². The summed E-state index contributed by atoms with van der Waals surface area (Å²) in [6.07, 6.45) is 4.02. The third-order valence-electron chi connectivity index (χ3n) is 2.73. The van der Waals surface area contributed by atoms with Crippen molar-refractivity contribution in [3.8, 4) is 0 Å². The van der Waals surface area contributed by atoms with Crippen molar-refractivity contribution in [1.29, 1.82) is 0 Å². The minimum Gasteiger partial charge on any atom is -0.409 e. The number of pyridine rings is 1. The Kier molecular flexibility index (Phi) is 4.61. The number of aryl methyl sites for hydroxylation is 1. The van der Waals surface area contributed by atoms with E-state index in [2.05, 4.69) is 25.5 Å². The molecule has 2 aromatic heterocycles. The van der Waals surface area contributed by atoms with E-state index in [0.29, 0.717) is 12.2 Å². The topological polar surface area (TPSA) is 114 Å². The quantitative estimate of drug-likeness (QED) is 0.218. The molecule has 0 saturated heterocycles. The Morgan fingerprint density at radius 2 is 2.35 bits per heavy atom. The zero-order valence-corrected chi connectivity index (χ0v) is 11.2. The van der Waals surface area contributed by atoms with E-state index in [4.69, 9.17) is 10.9 Å². The van der Waals surface area contributed by atoms with Crippen LogP contribution in [0.15, 0.2) is 29.8 Å². The maximum Gasteiger partial charge on any atom is 0.189 e. The fourth-order valence-electron chi connectivity index (χ4n) is 1.78. The van der Waals surface area contributed by atoms with Gasteiger partial charge in [-0.3, -0.25) is 9.67 Å². The lowest BCUT2D eigenvalue weighted by atomic mass is 10.2. The van der Waals surface area contributed by atoms with Crippen LogP contribution in [0.5, 0.6) is 0 Å². The van der Waals surface area contributed by atoms with Crippen molar-refractivity contribution in [2.75, 3.05) is 6.54 Å². The molecule has 0 saturated carbocycles. The Bertz CT molecular complexity index is 593. The first-order valence-corrected chi connectivity index (χ1v) is 6.17. The lowest BCUT2D eigenvalue weighted by Gasteiger charge is -2.07. The molecule has 0 amide bonds. The molecule has 0 aromatic carbocycles. The summed E-state index contributed by atoms with van der Waals surface area (Å²) in [7, 11) is 1.84. The van der Waals surface area contributed by atoms with Crippen molar-refractivity contribution >= 4 is 5.84 Å². The second-order valence-electron chi connectivity index (χ2n) is 4.26. The molecule has 4 N–H and O–H groups in total. The average molecular weight is 275 g/mol. The van der Waals surface area contributed by atoms with E-state index in [1.54, 1.807) is 17.2 Å². The molecule has 0 bridgehead atoms. The molecule has 0 radical (unpaired) electrons. The largest absolute Gasteiger partial charge is 0.409 e. The molecule has 8 nitrogen and oxygen atoms in total. The lowest BCUT2D eigenvalue weighted by molar-refractivity contribution is 0.318. The van der Waals surface area contributed by atoms with E-state index < -0.39 is 0 Å². The van der Waals surface area contributed by atoms with Gasteiger partial charge in [-0.2, -0.15) is 5.10 Å². The highest BCUT2D eigenvalue weighted by atomic mass is 16.4. The maximum absolute atomic E-state index is 8.72. The number of oxime groups is 1. The minimum absolute atomic E-state index is 0.00814. The Morgan fingerprint density at radius 3 is 3.05 bits per heavy atom. The van der Waals surface area contributed by atoms with Crippen LogP contribution in [0.1, 0.15) is 17.1 Å². The zero-order valence-electron chi connectivity index (χ0n) is 11.2. The number of nitrogens with two attached hydrogens (primary N) is 1. The van der Waals surface area contributed by atoms with Crippen LogP contribution in [0.4, 0.5) is 0 Å². The molecule has 2 rings (SSSR count). The van der Waals surface area contributed by atoms with E-state index in [-0.39, 0.29) is 5.84 Å². The first-order valence-electron chi connectivity index (χ1n) is 6.17. The third kappa shape index (κ3) is 3.51. The number of hydrogen-bond donors (Lipinski definition) is 3. The highest BCUT2D eigenvalue weighted by Crippen LogP contribution is 2.04. The van der Waals surface area contributed by atoms with Crippen molar-refractivity contribution in [2.24, 2.45) is 17.9 Å². The summed E-state index contributed by atoms with van der Waals surface area (Å²) >= 11 is 0. The van der Waals surface area contributed by atoms with Gasteiger partial charge in [-0.1, -0.05) is 11.2 Å². The Morgan fingerprint density at radius 1 is 1.50 bits per heavy atom. The predicted molar refractivity (Wildman–Crippen MR) is 73.2 cm³/mol. The summed E-state index contributed by atoms with van der Waals surface area (Å²) in [6, 6.07) is 3.69. The molecule has 2 heterocycles. The molecule has 2 aromatic rings. The van der Waals surface area contributed by atoms with Crippen molar-refractivity contribution in [2.45, 2.75) is 13.0 Å². The average Bonchev–Trinajstić information content (AvgIpc) is 2.89. The monoisotopic (exact) mass is 275 g/mol. The molecular weight excluding hydrogens is 258 g/mol. The van der Waals surface area contributed by atoms with Gasteiger partial charge in [0.2, 0.25) is 0 Å². The molecule has 0 fully saturated rings. The van der Waals surface area contributed by atoms with E-state index >= 15 is 0 Å². The fraction of sp³-hybridized carbons (Fsp3) is 0.333. The molecule has 0 aliphatic carbocycles. The molecule has 0 spiro atoms. The van der Waals surface area contributed by atoms with E-state index in [9.17, 15) is 0 Å². The summed E-state index contributed by atoms with van der Waals surface area (Å²) in [5.41, 5.74) is 6.94. The highest BCUT2D eigenvalue weighted by molar-refractivity contribution is 5.96. The van der Waals surface area contributed by atoms with Crippen LogP contribution in [0.2, 0.25) is 0 Å². The molecule has 0 aliphatic heterocycles. The van der Waals surface area contributed by atoms with Gasteiger partial charge in [0.1, 0.15) is 12.0 Å². The maximum atomic E-state index is 8.72. The second kappa shape index (κ2) is 6.62. The molecule has 8 heteroatoms.